The number of benzene rings is 2. The molecule has 1 aliphatic heterocycles. The summed E-state index contributed by atoms with van der Waals surface area (Å²) in [7, 11) is 0. The molecule has 0 bridgehead atoms. The van der Waals surface area contributed by atoms with E-state index < -0.39 is 0 Å². The summed E-state index contributed by atoms with van der Waals surface area (Å²) in [5, 5.41) is 0. The van der Waals surface area contributed by atoms with Crippen molar-refractivity contribution in [2.45, 2.75) is 59.8 Å². The fourth-order valence-corrected chi connectivity index (χ4v) is 5.04. The number of carbonyl (C=O) groups excluding carboxylic acids is 2. The predicted molar refractivity (Wildman–Crippen MR) is 117 cm³/mol. The average Bonchev–Trinajstić information content (AvgIpc) is 2.59. The van der Waals surface area contributed by atoms with Crippen LogP contribution in [0.2, 0.25) is 0 Å². The van der Waals surface area contributed by atoms with Gasteiger partial charge < -0.3 is 0 Å². The molecule has 29 heavy (non-hydrogen) atoms. The summed E-state index contributed by atoms with van der Waals surface area (Å²) in [6.07, 6.45) is 1.60. The molecule has 1 atom stereocenters. The second-order valence-electron chi connectivity index (χ2n) is 9.49. The van der Waals surface area contributed by atoms with Crippen molar-refractivity contribution in [2.75, 3.05) is 4.90 Å². The number of allylic oxidation sites excluding steroid dienone is 2. The summed E-state index contributed by atoms with van der Waals surface area (Å²) in [6, 6.07) is 14.3. The Labute approximate surface area is 173 Å². The lowest BCUT2D eigenvalue weighted by atomic mass is 9.69. The first-order valence-electron chi connectivity index (χ1n) is 10.4. The number of ketones is 1. The van der Waals surface area contributed by atoms with E-state index in [4.69, 9.17) is 0 Å². The highest BCUT2D eigenvalue weighted by Crippen LogP contribution is 2.48. The van der Waals surface area contributed by atoms with E-state index in [-0.39, 0.29) is 23.0 Å². The number of Topliss-reactive ketones (excluding diaryl/α,β-unsaturated/α-hetero) is 1. The third kappa shape index (κ3) is 3.55. The van der Waals surface area contributed by atoms with Crippen molar-refractivity contribution < 1.29 is 9.59 Å². The Morgan fingerprint density at radius 3 is 2.24 bits per heavy atom. The quantitative estimate of drug-likeness (QED) is 0.655. The molecule has 0 N–H and O–H groups in total. The van der Waals surface area contributed by atoms with Gasteiger partial charge >= 0.3 is 0 Å². The highest BCUT2D eigenvalue weighted by Gasteiger charge is 2.44. The molecule has 1 aliphatic carbocycles. The fraction of sp³-hybridized carbons (Fsp3) is 0.385. The number of hydrogen-bond acceptors (Lipinski definition) is 2. The minimum absolute atomic E-state index is 0.0764. The molecule has 1 amide bonds. The second kappa shape index (κ2) is 6.98. The van der Waals surface area contributed by atoms with E-state index >= 15 is 0 Å². The third-order valence-corrected chi connectivity index (χ3v) is 6.17. The van der Waals surface area contributed by atoms with E-state index in [1.54, 1.807) is 0 Å². The van der Waals surface area contributed by atoms with Gasteiger partial charge in [-0.15, -0.1) is 0 Å². The Hall–Kier alpha value is -2.68. The van der Waals surface area contributed by atoms with Gasteiger partial charge in [-0.05, 0) is 67.0 Å². The number of hydrogen-bond donors (Lipinski definition) is 0. The normalized spacial score (nSPS) is 21.4. The Morgan fingerprint density at radius 2 is 1.59 bits per heavy atom. The molecule has 0 radical (unpaired) electrons. The van der Waals surface area contributed by atoms with Crippen LogP contribution in [-0.4, -0.2) is 11.7 Å². The van der Waals surface area contributed by atoms with E-state index in [1.165, 1.54) is 0 Å². The summed E-state index contributed by atoms with van der Waals surface area (Å²) in [6.45, 7) is 10.4. The zero-order chi connectivity index (χ0) is 20.9. The van der Waals surface area contributed by atoms with Crippen molar-refractivity contribution in [3.05, 3.63) is 76.0 Å². The fourth-order valence-electron chi connectivity index (χ4n) is 5.04. The highest BCUT2D eigenvalue weighted by atomic mass is 16.2. The van der Waals surface area contributed by atoms with Crippen molar-refractivity contribution in [3.63, 3.8) is 0 Å². The van der Waals surface area contributed by atoms with Gasteiger partial charge in [-0.25, -0.2) is 0 Å². The maximum absolute atomic E-state index is 13.5. The molecule has 0 saturated heterocycles. The van der Waals surface area contributed by atoms with Crippen LogP contribution in [0.25, 0.3) is 0 Å². The number of nitrogens with zero attached hydrogens (tertiary/aromatic N) is 1. The number of rotatable bonds is 2. The van der Waals surface area contributed by atoms with Gasteiger partial charge in [0.25, 0.3) is 0 Å². The minimum atomic E-state index is -0.152. The minimum Gasteiger partial charge on any atom is -0.294 e. The Kier molecular flexibility index (Phi) is 4.72. The summed E-state index contributed by atoms with van der Waals surface area (Å²) < 4.78 is 0. The van der Waals surface area contributed by atoms with Crippen LogP contribution in [0.4, 0.5) is 5.69 Å². The molecule has 1 heterocycles. The number of amides is 1. The Bertz CT molecular complexity index is 1020. The first-order chi connectivity index (χ1) is 13.7. The van der Waals surface area contributed by atoms with Crippen LogP contribution in [-0.2, 0) is 9.59 Å². The molecule has 2 aliphatic rings. The molecule has 2 aromatic carbocycles. The predicted octanol–water partition coefficient (Wildman–Crippen LogP) is 5.78. The van der Waals surface area contributed by atoms with E-state index in [1.807, 2.05) is 30.9 Å². The summed E-state index contributed by atoms with van der Waals surface area (Å²) in [5.41, 5.74) is 6.96. The van der Waals surface area contributed by atoms with E-state index in [0.717, 1.165) is 45.6 Å². The molecule has 4 rings (SSSR count). The lowest BCUT2D eigenvalue weighted by Gasteiger charge is -2.43. The molecule has 1 unspecified atom stereocenters. The molecule has 150 valence electrons. The van der Waals surface area contributed by atoms with Crippen molar-refractivity contribution in [2.24, 2.45) is 5.41 Å². The Balaban J connectivity index is 1.94. The molecular weight excluding hydrogens is 358 g/mol. The van der Waals surface area contributed by atoms with Gasteiger partial charge in [0, 0.05) is 35.7 Å². The zero-order valence-corrected chi connectivity index (χ0v) is 18.0. The Morgan fingerprint density at radius 1 is 0.931 bits per heavy atom. The maximum Gasteiger partial charge on any atom is 0.232 e. The van der Waals surface area contributed by atoms with Crippen LogP contribution in [0.1, 0.15) is 61.3 Å². The number of carbonyl (C=O) groups is 2. The SMILES string of the molecule is Cc1cc(C)cc(N2C(=O)CC(c3ccccc3C)C3=C2CC(C)(C)CC3=O)c1. The first kappa shape index (κ1) is 19.6. The highest BCUT2D eigenvalue weighted by molar-refractivity contribution is 6.08. The smallest absolute Gasteiger partial charge is 0.232 e. The van der Waals surface area contributed by atoms with Crippen molar-refractivity contribution in [1.29, 1.82) is 0 Å². The van der Waals surface area contributed by atoms with Gasteiger partial charge in [-0.2, -0.15) is 0 Å². The molecule has 0 aromatic heterocycles. The van der Waals surface area contributed by atoms with E-state index in [9.17, 15) is 9.59 Å². The number of anilines is 1. The number of aryl methyl sites for hydroxylation is 3. The van der Waals surface area contributed by atoms with E-state index in [2.05, 4.69) is 51.1 Å². The zero-order valence-electron chi connectivity index (χ0n) is 18.0. The van der Waals surface area contributed by atoms with Crippen LogP contribution >= 0.6 is 0 Å². The van der Waals surface area contributed by atoms with Gasteiger partial charge in [0.1, 0.15) is 0 Å². The largest absolute Gasteiger partial charge is 0.294 e. The topological polar surface area (TPSA) is 37.4 Å². The van der Waals surface area contributed by atoms with Crippen LogP contribution in [0.5, 0.6) is 0 Å². The summed E-state index contributed by atoms with van der Waals surface area (Å²) in [4.78, 5) is 28.7. The molecule has 0 spiro atoms. The van der Waals surface area contributed by atoms with Gasteiger partial charge in [-0.3, -0.25) is 14.5 Å². The van der Waals surface area contributed by atoms with Gasteiger partial charge in [0.05, 0.1) is 0 Å². The van der Waals surface area contributed by atoms with Crippen LogP contribution in [0, 0.1) is 26.2 Å². The van der Waals surface area contributed by atoms with Gasteiger partial charge in [0.2, 0.25) is 5.91 Å². The lowest BCUT2D eigenvalue weighted by Crippen LogP contribution is -2.43. The van der Waals surface area contributed by atoms with Crippen LogP contribution < -0.4 is 4.90 Å². The summed E-state index contributed by atoms with van der Waals surface area (Å²) >= 11 is 0. The maximum atomic E-state index is 13.5. The third-order valence-electron chi connectivity index (χ3n) is 6.17. The van der Waals surface area contributed by atoms with Crippen LogP contribution in [0.3, 0.4) is 0 Å². The van der Waals surface area contributed by atoms with Gasteiger partial charge in [0.15, 0.2) is 5.78 Å². The summed E-state index contributed by atoms with van der Waals surface area (Å²) in [5.74, 6) is 0.114. The average molecular weight is 388 g/mol. The molecule has 2 aromatic rings. The van der Waals surface area contributed by atoms with Crippen LogP contribution in [0.15, 0.2) is 53.7 Å². The second-order valence-corrected chi connectivity index (χ2v) is 9.49. The molecule has 0 saturated carbocycles. The molecule has 3 nitrogen and oxygen atoms in total. The van der Waals surface area contributed by atoms with E-state index in [0.29, 0.717) is 12.8 Å². The van der Waals surface area contributed by atoms with Gasteiger partial charge in [-0.1, -0.05) is 44.2 Å². The van der Waals surface area contributed by atoms with Crippen molar-refractivity contribution >= 4 is 17.4 Å². The lowest BCUT2D eigenvalue weighted by molar-refractivity contribution is -0.121. The van der Waals surface area contributed by atoms with Crippen molar-refractivity contribution in [3.8, 4) is 0 Å². The molecular formula is C26H29NO2. The molecule has 0 fully saturated rings. The standard InChI is InChI=1S/C26H29NO2/c1-16-10-17(2)12-19(11-16)27-22-14-26(4,5)15-23(28)25(22)21(13-24(27)29)20-9-7-6-8-18(20)3/h6-12,21H,13-15H2,1-5H3. The monoisotopic (exact) mass is 387 g/mol. The molecule has 3 heteroatoms. The first-order valence-corrected chi connectivity index (χ1v) is 10.4. The van der Waals surface area contributed by atoms with Crippen molar-refractivity contribution in [1.82, 2.24) is 0 Å².